The number of likely N-dealkylation sites (N-methyl/N-ethyl adjacent to an activating group) is 1. The summed E-state index contributed by atoms with van der Waals surface area (Å²) in [5.41, 5.74) is 1.19. The Labute approximate surface area is 104 Å². The minimum atomic E-state index is 0.312. The molecule has 1 heterocycles. The molecule has 1 aromatic heterocycles. The molecule has 0 aliphatic heterocycles. The van der Waals surface area contributed by atoms with E-state index in [9.17, 15) is 0 Å². The average molecular weight is 239 g/mol. The molecular weight excluding hydrogens is 214 g/mol. The topological polar surface area (TPSA) is 46.0 Å². The van der Waals surface area contributed by atoms with E-state index in [1.165, 1.54) is 5.69 Å². The van der Waals surface area contributed by atoms with Gasteiger partial charge in [-0.2, -0.15) is 0 Å². The first-order valence-corrected chi connectivity index (χ1v) is 6.45. The van der Waals surface area contributed by atoms with E-state index in [0.29, 0.717) is 6.04 Å². The molecule has 17 heavy (non-hydrogen) atoms. The first-order chi connectivity index (χ1) is 8.19. The second-order valence-electron chi connectivity index (χ2n) is 4.65. The maximum absolute atomic E-state index is 4.15. The zero-order valence-corrected chi connectivity index (χ0v) is 11.5. The van der Waals surface area contributed by atoms with Gasteiger partial charge in [0.05, 0.1) is 17.9 Å². The third-order valence-corrected chi connectivity index (χ3v) is 2.63. The molecule has 0 bridgehead atoms. The fraction of sp³-hybridized carbons (Fsp3) is 0.833. The molecule has 0 saturated carbocycles. The monoisotopic (exact) mass is 239 g/mol. The molecular formula is C12H25N5. The van der Waals surface area contributed by atoms with E-state index in [-0.39, 0.29) is 0 Å². The van der Waals surface area contributed by atoms with Crippen LogP contribution < -0.4 is 5.32 Å². The molecule has 0 saturated heterocycles. The van der Waals surface area contributed by atoms with Gasteiger partial charge in [-0.25, -0.2) is 4.68 Å². The standard InChI is InChI=1S/C12H25N5/c1-5-7-13-11(10-16(3)4)12-9-14-15-17(12)8-6-2/h9,11,13H,5-8,10H2,1-4H3. The SMILES string of the molecule is CCCNC(CN(C)C)c1cnnn1CCC. The smallest absolute Gasteiger partial charge is 0.0769 e. The molecule has 5 nitrogen and oxygen atoms in total. The number of nitrogens with zero attached hydrogens (tertiary/aromatic N) is 4. The van der Waals surface area contributed by atoms with Crippen LogP contribution in [0.3, 0.4) is 0 Å². The van der Waals surface area contributed by atoms with Crippen LogP contribution in [0.4, 0.5) is 0 Å². The maximum atomic E-state index is 4.15. The summed E-state index contributed by atoms with van der Waals surface area (Å²) in [5.74, 6) is 0. The molecule has 1 aromatic rings. The average Bonchev–Trinajstić information content (AvgIpc) is 2.72. The summed E-state index contributed by atoms with van der Waals surface area (Å²) in [7, 11) is 4.18. The highest BCUT2D eigenvalue weighted by molar-refractivity contribution is 5.03. The predicted molar refractivity (Wildman–Crippen MR) is 69.9 cm³/mol. The fourth-order valence-electron chi connectivity index (χ4n) is 1.87. The fourth-order valence-corrected chi connectivity index (χ4v) is 1.87. The van der Waals surface area contributed by atoms with Crippen molar-refractivity contribution in [1.29, 1.82) is 0 Å². The molecule has 1 rings (SSSR count). The van der Waals surface area contributed by atoms with Gasteiger partial charge in [0.15, 0.2) is 0 Å². The van der Waals surface area contributed by atoms with Crippen LogP contribution in [0.15, 0.2) is 6.20 Å². The molecule has 0 aliphatic rings. The summed E-state index contributed by atoms with van der Waals surface area (Å²) in [6.07, 6.45) is 4.10. The Hall–Kier alpha value is -0.940. The van der Waals surface area contributed by atoms with Crippen LogP contribution in [0, 0.1) is 0 Å². The van der Waals surface area contributed by atoms with Crippen molar-refractivity contribution in [3.63, 3.8) is 0 Å². The quantitative estimate of drug-likeness (QED) is 0.742. The molecule has 5 heteroatoms. The normalized spacial score (nSPS) is 13.2. The Morgan fingerprint density at radius 2 is 2.12 bits per heavy atom. The van der Waals surface area contributed by atoms with Gasteiger partial charge in [0, 0.05) is 13.1 Å². The van der Waals surface area contributed by atoms with Crippen LogP contribution in [0.25, 0.3) is 0 Å². The summed E-state index contributed by atoms with van der Waals surface area (Å²) >= 11 is 0. The molecule has 1 unspecified atom stereocenters. The Kier molecular flexibility index (Phi) is 6.15. The minimum absolute atomic E-state index is 0.312. The number of hydrogen-bond acceptors (Lipinski definition) is 4. The summed E-state index contributed by atoms with van der Waals surface area (Å²) in [5, 5.41) is 11.7. The minimum Gasteiger partial charge on any atom is -0.308 e. The van der Waals surface area contributed by atoms with Gasteiger partial charge in [0.2, 0.25) is 0 Å². The Bertz CT molecular complexity index is 308. The summed E-state index contributed by atoms with van der Waals surface area (Å²) < 4.78 is 2.01. The number of aryl methyl sites for hydroxylation is 1. The van der Waals surface area contributed by atoms with Crippen LogP contribution >= 0.6 is 0 Å². The van der Waals surface area contributed by atoms with Gasteiger partial charge in [-0.3, -0.25) is 0 Å². The second-order valence-corrected chi connectivity index (χ2v) is 4.65. The molecule has 0 amide bonds. The zero-order chi connectivity index (χ0) is 12.7. The molecule has 0 fully saturated rings. The number of aromatic nitrogens is 3. The molecule has 1 N–H and O–H groups in total. The van der Waals surface area contributed by atoms with E-state index in [0.717, 1.165) is 32.5 Å². The van der Waals surface area contributed by atoms with Crippen LogP contribution in [0.1, 0.15) is 38.4 Å². The van der Waals surface area contributed by atoms with Crippen molar-refractivity contribution >= 4 is 0 Å². The Morgan fingerprint density at radius 1 is 1.35 bits per heavy atom. The number of nitrogens with one attached hydrogen (secondary N) is 1. The van der Waals surface area contributed by atoms with Crippen molar-refractivity contribution < 1.29 is 0 Å². The second kappa shape index (κ2) is 7.40. The molecule has 0 aromatic carbocycles. The van der Waals surface area contributed by atoms with Crippen LogP contribution in [0.2, 0.25) is 0 Å². The highest BCUT2D eigenvalue weighted by atomic mass is 15.4. The summed E-state index contributed by atoms with van der Waals surface area (Å²) in [4.78, 5) is 2.19. The van der Waals surface area contributed by atoms with Crippen molar-refractivity contribution in [2.24, 2.45) is 0 Å². The lowest BCUT2D eigenvalue weighted by molar-refractivity contribution is 0.329. The Morgan fingerprint density at radius 3 is 2.71 bits per heavy atom. The first kappa shape index (κ1) is 14.1. The Balaban J connectivity index is 2.75. The van der Waals surface area contributed by atoms with Gasteiger partial charge in [0.1, 0.15) is 0 Å². The highest BCUT2D eigenvalue weighted by Gasteiger charge is 2.16. The van der Waals surface area contributed by atoms with E-state index in [2.05, 4.69) is 48.5 Å². The van der Waals surface area contributed by atoms with E-state index >= 15 is 0 Å². The van der Waals surface area contributed by atoms with Crippen LogP contribution in [-0.2, 0) is 6.54 Å². The van der Waals surface area contributed by atoms with Gasteiger partial charge in [-0.1, -0.05) is 19.1 Å². The first-order valence-electron chi connectivity index (χ1n) is 6.45. The van der Waals surface area contributed by atoms with Crippen molar-refractivity contribution in [3.05, 3.63) is 11.9 Å². The van der Waals surface area contributed by atoms with Gasteiger partial charge in [-0.05, 0) is 33.5 Å². The largest absolute Gasteiger partial charge is 0.308 e. The zero-order valence-electron chi connectivity index (χ0n) is 11.5. The molecule has 0 radical (unpaired) electrons. The van der Waals surface area contributed by atoms with Crippen LogP contribution in [-0.4, -0.2) is 47.1 Å². The van der Waals surface area contributed by atoms with Crippen molar-refractivity contribution in [3.8, 4) is 0 Å². The van der Waals surface area contributed by atoms with Crippen molar-refractivity contribution in [1.82, 2.24) is 25.2 Å². The molecule has 1 atom stereocenters. The molecule has 0 aliphatic carbocycles. The van der Waals surface area contributed by atoms with Crippen molar-refractivity contribution in [2.45, 2.75) is 39.3 Å². The highest BCUT2D eigenvalue weighted by Crippen LogP contribution is 2.12. The van der Waals surface area contributed by atoms with E-state index in [1.807, 2.05) is 10.9 Å². The van der Waals surface area contributed by atoms with E-state index < -0.39 is 0 Å². The third kappa shape index (κ3) is 4.44. The van der Waals surface area contributed by atoms with Gasteiger partial charge >= 0.3 is 0 Å². The lowest BCUT2D eigenvalue weighted by Gasteiger charge is -2.22. The van der Waals surface area contributed by atoms with Crippen LogP contribution in [0.5, 0.6) is 0 Å². The van der Waals surface area contributed by atoms with E-state index in [4.69, 9.17) is 0 Å². The number of hydrogen-bond donors (Lipinski definition) is 1. The third-order valence-electron chi connectivity index (χ3n) is 2.63. The van der Waals surface area contributed by atoms with Gasteiger partial charge < -0.3 is 10.2 Å². The molecule has 98 valence electrons. The molecule has 0 spiro atoms. The predicted octanol–water partition coefficient (Wildman–Crippen LogP) is 1.29. The van der Waals surface area contributed by atoms with Gasteiger partial charge in [0.25, 0.3) is 0 Å². The summed E-state index contributed by atoms with van der Waals surface area (Å²) in [6, 6.07) is 0.312. The van der Waals surface area contributed by atoms with Gasteiger partial charge in [-0.15, -0.1) is 5.10 Å². The van der Waals surface area contributed by atoms with E-state index in [1.54, 1.807) is 0 Å². The summed E-state index contributed by atoms with van der Waals surface area (Å²) in [6.45, 7) is 7.27. The number of rotatable bonds is 8. The maximum Gasteiger partial charge on any atom is 0.0769 e. The van der Waals surface area contributed by atoms with Crippen molar-refractivity contribution in [2.75, 3.05) is 27.2 Å². The lowest BCUT2D eigenvalue weighted by Crippen LogP contribution is -2.33. The lowest BCUT2D eigenvalue weighted by atomic mass is 10.2.